The predicted molar refractivity (Wildman–Crippen MR) is 122 cm³/mol. The number of aldehydes is 1. The van der Waals surface area contributed by atoms with Crippen LogP contribution < -0.4 is 56.7 Å². The molecule has 4 nitrogen and oxygen atoms in total. The maximum Gasteiger partial charge on any atom is 1.00 e. The summed E-state index contributed by atoms with van der Waals surface area (Å²) >= 11 is 0. The molecule has 0 saturated heterocycles. The van der Waals surface area contributed by atoms with Crippen LogP contribution in [0, 0.1) is 33.9 Å². The van der Waals surface area contributed by atoms with Crippen molar-refractivity contribution in [2.75, 3.05) is 14.2 Å². The molecule has 0 spiro atoms. The molecule has 0 aromatic heterocycles. The van der Waals surface area contributed by atoms with Gasteiger partial charge in [0, 0.05) is 26.7 Å². The summed E-state index contributed by atoms with van der Waals surface area (Å²) in [5.41, 5.74) is 5.14. The maximum atomic E-state index is 11.4. The molecule has 1 amide bonds. The van der Waals surface area contributed by atoms with Crippen molar-refractivity contribution in [1.82, 2.24) is 5.32 Å². The van der Waals surface area contributed by atoms with Crippen molar-refractivity contribution in [3.05, 3.63) is 84.0 Å². The van der Waals surface area contributed by atoms with Crippen LogP contribution >= 0.6 is 0 Å². The number of hydrogen-bond acceptors (Lipinski definition) is 3. The van der Waals surface area contributed by atoms with Gasteiger partial charge in [-0.2, -0.15) is 17.7 Å². The molecule has 1 rings (SSSR count). The van der Waals surface area contributed by atoms with Gasteiger partial charge in [0.15, 0.2) is 6.29 Å². The third kappa shape index (κ3) is 11.9. The second-order valence-electron chi connectivity index (χ2n) is 6.20. The second-order valence-corrected chi connectivity index (χ2v) is 6.20. The quantitative estimate of drug-likeness (QED) is 0.310. The number of amides is 1. The van der Waals surface area contributed by atoms with E-state index in [1.807, 2.05) is 45.9 Å². The first-order valence-electron chi connectivity index (χ1n) is 9.09. The van der Waals surface area contributed by atoms with Gasteiger partial charge < -0.3 is 17.5 Å². The summed E-state index contributed by atoms with van der Waals surface area (Å²) in [5, 5.41) is 2.79. The van der Waals surface area contributed by atoms with E-state index in [9.17, 15) is 9.59 Å². The largest absolute Gasteiger partial charge is 1.00 e. The van der Waals surface area contributed by atoms with E-state index in [2.05, 4.69) is 16.1 Å². The van der Waals surface area contributed by atoms with Crippen molar-refractivity contribution in [3.8, 4) is 0 Å². The van der Waals surface area contributed by atoms with Crippen molar-refractivity contribution in [2.24, 2.45) is 0 Å². The van der Waals surface area contributed by atoms with Gasteiger partial charge in [-0.15, -0.1) is 12.1 Å². The third-order valence-electron chi connectivity index (χ3n) is 3.66. The first-order chi connectivity index (χ1) is 13.2. The third-order valence-corrected chi connectivity index (χ3v) is 3.66. The second kappa shape index (κ2) is 18.7. The number of carbonyl (C=O) groups excluding carboxylic acids is 2. The number of allylic oxidation sites excluding steroid dienone is 6. The molecule has 0 fully saturated rings. The molecule has 0 radical (unpaired) electrons. The Kier molecular flexibility index (Phi) is 20.9. The fourth-order valence-electron chi connectivity index (χ4n) is 2.55. The number of ether oxygens (including phenoxy) is 1. The number of benzene rings is 1. The molecule has 30 heavy (non-hydrogen) atoms. The Bertz CT molecular complexity index is 767. The zero-order chi connectivity index (χ0) is 21.7. The summed E-state index contributed by atoms with van der Waals surface area (Å²) in [6.45, 7) is 15.5. The van der Waals surface area contributed by atoms with Gasteiger partial charge in [0.2, 0.25) is 5.91 Å². The number of methoxy groups -OCH3 is 1. The minimum atomic E-state index is -0.142. The van der Waals surface area contributed by atoms with Gasteiger partial charge in [0.25, 0.3) is 0 Å². The van der Waals surface area contributed by atoms with Crippen molar-refractivity contribution in [1.29, 1.82) is 0 Å². The average molecular weight is 436 g/mol. The minimum absolute atomic E-state index is 0. The standard InChI is InChI=1S/C22H25NO2.C2H6O.CH3.K/c1-7-9-19(13-21(10-8-2)23-18(6)25)17(5)20-11-15(3)22(14-24)16(4)12-20;1-3-2;;/h5,7,10-14H,8H2,1-4,6H3,(H,23,25);1-2H3;1H3;/q-2;;-1;+1/b19-13+,21-10-;;;. The smallest absolute Gasteiger partial charge is 0.388 e. The van der Waals surface area contributed by atoms with Crippen molar-refractivity contribution >= 4 is 17.8 Å². The summed E-state index contributed by atoms with van der Waals surface area (Å²) in [6, 6.07) is 3.78. The average Bonchev–Trinajstić information content (AvgIpc) is 2.60. The zero-order valence-electron chi connectivity index (χ0n) is 20.0. The minimum Gasteiger partial charge on any atom is -0.388 e. The fourth-order valence-corrected chi connectivity index (χ4v) is 2.55. The molecule has 0 aliphatic carbocycles. The van der Waals surface area contributed by atoms with Gasteiger partial charge in [-0.1, -0.05) is 31.1 Å². The zero-order valence-corrected chi connectivity index (χ0v) is 23.1. The molecule has 0 bridgehead atoms. The maximum absolute atomic E-state index is 11.4. The molecular formula is C25H34KNO3-2. The van der Waals surface area contributed by atoms with Crippen LogP contribution in [-0.2, 0) is 9.53 Å². The number of nitrogens with one attached hydrogen (secondary N) is 1. The van der Waals surface area contributed by atoms with Crippen LogP contribution in [0.25, 0.3) is 5.57 Å². The molecule has 0 aliphatic rings. The monoisotopic (exact) mass is 435 g/mol. The molecule has 0 saturated carbocycles. The van der Waals surface area contributed by atoms with Crippen LogP contribution in [0.1, 0.15) is 54.2 Å². The number of aryl methyl sites for hydroxylation is 2. The van der Waals surface area contributed by atoms with Crippen molar-refractivity contribution in [2.45, 2.75) is 41.0 Å². The molecule has 0 aliphatic heterocycles. The summed E-state index contributed by atoms with van der Waals surface area (Å²) < 4.78 is 4.25. The number of carbonyl (C=O) groups is 2. The van der Waals surface area contributed by atoms with E-state index < -0.39 is 0 Å². The molecule has 1 aromatic carbocycles. The molecule has 0 atom stereocenters. The Morgan fingerprint density at radius 2 is 1.73 bits per heavy atom. The topological polar surface area (TPSA) is 55.4 Å². The molecular weight excluding hydrogens is 401 g/mol. The number of hydrogen-bond donors (Lipinski definition) is 1. The van der Waals surface area contributed by atoms with E-state index in [0.717, 1.165) is 29.4 Å². The Balaban J connectivity index is -0.00000137. The van der Waals surface area contributed by atoms with Crippen LogP contribution in [0.3, 0.4) is 0 Å². The van der Waals surface area contributed by atoms with Gasteiger partial charge in [-0.05, 0) is 26.0 Å². The Labute approximate surface area is 226 Å². The molecule has 0 heterocycles. The van der Waals surface area contributed by atoms with Crippen molar-refractivity contribution in [3.63, 3.8) is 0 Å². The Morgan fingerprint density at radius 1 is 1.23 bits per heavy atom. The fraction of sp³-hybridized carbons (Fsp3) is 0.320. The van der Waals surface area contributed by atoms with E-state index in [0.29, 0.717) is 22.4 Å². The van der Waals surface area contributed by atoms with E-state index in [1.54, 1.807) is 26.4 Å². The summed E-state index contributed by atoms with van der Waals surface area (Å²) in [7, 11) is 3.25. The van der Waals surface area contributed by atoms with Gasteiger partial charge in [-0.25, -0.2) is 6.08 Å². The van der Waals surface area contributed by atoms with Crippen LogP contribution in [-0.4, -0.2) is 26.4 Å². The molecule has 1 aromatic rings. The SMILES string of the molecule is COC.[CH-]=C(/C([C-]=CC)=C/C(=C/CC)NC(C)=O)c1cc(C)c(C=O)c(C)c1.[CH3-].[K+]. The van der Waals surface area contributed by atoms with E-state index in [-0.39, 0.29) is 64.7 Å². The summed E-state index contributed by atoms with van der Waals surface area (Å²) in [6.07, 6.45) is 10.3. The summed E-state index contributed by atoms with van der Waals surface area (Å²) in [4.78, 5) is 22.6. The molecule has 160 valence electrons. The predicted octanol–water partition coefficient (Wildman–Crippen LogP) is 2.38. The first-order valence-corrected chi connectivity index (χ1v) is 9.09. The van der Waals surface area contributed by atoms with Gasteiger partial charge in [0.1, 0.15) is 0 Å². The Morgan fingerprint density at radius 3 is 2.10 bits per heavy atom. The normalized spacial score (nSPS) is 10.9. The molecule has 1 N–H and O–H groups in total. The van der Waals surface area contributed by atoms with Crippen LogP contribution in [0.2, 0.25) is 0 Å². The van der Waals surface area contributed by atoms with E-state index in [1.165, 1.54) is 6.92 Å². The molecule has 5 heteroatoms. The first kappa shape index (κ1) is 33.6. The van der Waals surface area contributed by atoms with Crippen LogP contribution in [0.15, 0.2) is 41.6 Å². The van der Waals surface area contributed by atoms with Gasteiger partial charge in [0.05, 0.1) is 0 Å². The summed E-state index contributed by atoms with van der Waals surface area (Å²) in [5.74, 6) is -0.142. The molecule has 0 unspecified atom stereocenters. The van der Waals surface area contributed by atoms with Crippen molar-refractivity contribution < 1.29 is 65.7 Å². The van der Waals surface area contributed by atoms with Crippen LogP contribution in [0.4, 0.5) is 0 Å². The van der Waals surface area contributed by atoms with E-state index >= 15 is 0 Å². The van der Waals surface area contributed by atoms with E-state index in [4.69, 9.17) is 6.58 Å². The van der Waals surface area contributed by atoms with Gasteiger partial charge >= 0.3 is 51.4 Å². The number of rotatable bonds is 7. The van der Waals surface area contributed by atoms with Crippen LogP contribution in [0.5, 0.6) is 0 Å². The Hall–Kier alpha value is -1.08. The van der Waals surface area contributed by atoms with Gasteiger partial charge in [-0.3, -0.25) is 27.3 Å².